The lowest BCUT2D eigenvalue weighted by Gasteiger charge is -2.31. The van der Waals surface area contributed by atoms with Gasteiger partial charge in [0.1, 0.15) is 0 Å². The van der Waals surface area contributed by atoms with Crippen LogP contribution in [-0.2, 0) is 4.74 Å². The predicted molar refractivity (Wildman–Crippen MR) is 73.8 cm³/mol. The molecule has 2 atom stereocenters. The van der Waals surface area contributed by atoms with Crippen molar-refractivity contribution in [2.45, 2.75) is 45.3 Å². The third kappa shape index (κ3) is 6.90. The molecule has 3 nitrogen and oxygen atoms in total. The summed E-state index contributed by atoms with van der Waals surface area (Å²) in [4.78, 5) is 1.52. The molecule has 0 aromatic rings. The minimum absolute atomic E-state index is 0.0892. The van der Waals surface area contributed by atoms with Crippen LogP contribution in [-0.4, -0.2) is 56.5 Å². The Morgan fingerprint density at radius 1 is 1.30 bits per heavy atom. The zero-order valence-corrected chi connectivity index (χ0v) is 12.5. The number of nitrogens with one attached hydrogen (secondary N) is 1. The summed E-state index contributed by atoms with van der Waals surface area (Å²) in [5.41, 5.74) is 0. The molecule has 0 aliphatic carbocycles. The van der Waals surface area contributed by atoms with Crippen LogP contribution in [0.1, 0.15) is 33.1 Å². The molecule has 1 aliphatic heterocycles. The van der Waals surface area contributed by atoms with E-state index in [9.17, 15) is 13.2 Å². The lowest BCUT2D eigenvalue weighted by molar-refractivity contribution is -0.147. The Morgan fingerprint density at radius 2 is 2.05 bits per heavy atom. The van der Waals surface area contributed by atoms with E-state index in [1.165, 1.54) is 4.90 Å². The van der Waals surface area contributed by atoms with E-state index >= 15 is 0 Å². The van der Waals surface area contributed by atoms with E-state index in [-0.39, 0.29) is 6.04 Å². The number of rotatable bonds is 9. The lowest BCUT2D eigenvalue weighted by atomic mass is 9.98. The van der Waals surface area contributed by atoms with E-state index in [0.717, 1.165) is 32.4 Å². The van der Waals surface area contributed by atoms with Crippen molar-refractivity contribution < 1.29 is 17.9 Å². The highest BCUT2D eigenvalue weighted by atomic mass is 19.4. The lowest BCUT2D eigenvalue weighted by Crippen LogP contribution is -2.48. The van der Waals surface area contributed by atoms with Crippen molar-refractivity contribution in [3.63, 3.8) is 0 Å². The average Bonchev–Trinajstić information content (AvgIpc) is 2.86. The van der Waals surface area contributed by atoms with Crippen molar-refractivity contribution >= 4 is 0 Å². The van der Waals surface area contributed by atoms with Crippen molar-refractivity contribution in [3.05, 3.63) is 0 Å². The molecule has 1 fully saturated rings. The van der Waals surface area contributed by atoms with E-state index in [0.29, 0.717) is 25.6 Å². The van der Waals surface area contributed by atoms with Crippen molar-refractivity contribution in [1.82, 2.24) is 10.2 Å². The Labute approximate surface area is 119 Å². The standard InChI is InChI=1S/C14H27F3N2O/c1-3-6-18-13(12-5-8-20-10-12)9-19(7-4-2)11-14(15,16)17/h12-13,18H,3-11H2,1-2H3. The van der Waals surface area contributed by atoms with Gasteiger partial charge in [-0.2, -0.15) is 13.2 Å². The molecule has 1 saturated heterocycles. The minimum Gasteiger partial charge on any atom is -0.381 e. The summed E-state index contributed by atoms with van der Waals surface area (Å²) in [6, 6.07) is 0.0892. The molecule has 1 aliphatic rings. The van der Waals surface area contributed by atoms with Gasteiger partial charge in [0.05, 0.1) is 13.2 Å². The highest BCUT2D eigenvalue weighted by molar-refractivity contribution is 4.83. The molecule has 20 heavy (non-hydrogen) atoms. The maximum Gasteiger partial charge on any atom is 0.401 e. The quantitative estimate of drug-likeness (QED) is 0.708. The van der Waals surface area contributed by atoms with Gasteiger partial charge in [-0.15, -0.1) is 0 Å². The molecule has 1 heterocycles. The van der Waals surface area contributed by atoms with Gasteiger partial charge in [0.15, 0.2) is 0 Å². The number of nitrogens with zero attached hydrogens (tertiary/aromatic N) is 1. The summed E-state index contributed by atoms with van der Waals surface area (Å²) < 4.78 is 43.2. The van der Waals surface area contributed by atoms with Crippen LogP contribution in [0.25, 0.3) is 0 Å². The number of hydrogen-bond donors (Lipinski definition) is 1. The van der Waals surface area contributed by atoms with Gasteiger partial charge in [0, 0.05) is 25.1 Å². The van der Waals surface area contributed by atoms with Crippen molar-refractivity contribution in [1.29, 1.82) is 0 Å². The summed E-state index contributed by atoms with van der Waals surface area (Å²) in [5.74, 6) is 0.328. The monoisotopic (exact) mass is 296 g/mol. The van der Waals surface area contributed by atoms with Crippen molar-refractivity contribution in [3.8, 4) is 0 Å². The summed E-state index contributed by atoms with van der Waals surface area (Å²) in [6.45, 7) is 6.31. The summed E-state index contributed by atoms with van der Waals surface area (Å²) in [7, 11) is 0. The summed E-state index contributed by atoms with van der Waals surface area (Å²) >= 11 is 0. The first-order valence-electron chi connectivity index (χ1n) is 7.56. The third-order valence-electron chi connectivity index (χ3n) is 3.59. The molecule has 0 aromatic heterocycles. The van der Waals surface area contributed by atoms with Gasteiger partial charge in [-0.3, -0.25) is 4.90 Å². The Kier molecular flexibility index (Phi) is 7.84. The Balaban J connectivity index is 2.57. The minimum atomic E-state index is -4.13. The number of halogens is 3. The molecule has 120 valence electrons. The number of alkyl halides is 3. The zero-order chi connectivity index (χ0) is 15.0. The Morgan fingerprint density at radius 3 is 2.55 bits per heavy atom. The van der Waals surface area contributed by atoms with E-state index in [2.05, 4.69) is 12.2 Å². The van der Waals surface area contributed by atoms with Gasteiger partial charge in [0.25, 0.3) is 0 Å². The smallest absolute Gasteiger partial charge is 0.381 e. The first-order chi connectivity index (χ1) is 9.46. The van der Waals surface area contributed by atoms with Gasteiger partial charge in [-0.05, 0) is 32.4 Å². The Hall–Kier alpha value is -0.330. The van der Waals surface area contributed by atoms with Crippen LogP contribution in [0.15, 0.2) is 0 Å². The largest absolute Gasteiger partial charge is 0.401 e. The number of hydrogen-bond acceptors (Lipinski definition) is 3. The second-order valence-corrected chi connectivity index (χ2v) is 5.53. The first kappa shape index (κ1) is 17.7. The topological polar surface area (TPSA) is 24.5 Å². The van der Waals surface area contributed by atoms with E-state index < -0.39 is 12.7 Å². The predicted octanol–water partition coefficient (Wildman–Crippen LogP) is 2.67. The fourth-order valence-electron chi connectivity index (χ4n) is 2.66. The molecule has 6 heteroatoms. The van der Waals surface area contributed by atoms with Gasteiger partial charge >= 0.3 is 6.18 Å². The highest BCUT2D eigenvalue weighted by Gasteiger charge is 2.33. The molecule has 1 N–H and O–H groups in total. The second kappa shape index (κ2) is 8.85. The maximum atomic E-state index is 12.6. The molecule has 0 spiro atoms. The maximum absolute atomic E-state index is 12.6. The van der Waals surface area contributed by atoms with E-state index in [4.69, 9.17) is 4.74 Å². The SMILES string of the molecule is CCCNC(CN(CCC)CC(F)(F)F)C1CCOC1. The molecule has 0 amide bonds. The van der Waals surface area contributed by atoms with E-state index in [1.54, 1.807) is 0 Å². The van der Waals surface area contributed by atoms with Crippen LogP contribution in [0.3, 0.4) is 0 Å². The molecular weight excluding hydrogens is 269 g/mol. The molecule has 0 aromatic carbocycles. The molecular formula is C14H27F3N2O. The van der Waals surface area contributed by atoms with Crippen LogP contribution >= 0.6 is 0 Å². The van der Waals surface area contributed by atoms with Crippen LogP contribution < -0.4 is 5.32 Å². The third-order valence-corrected chi connectivity index (χ3v) is 3.59. The Bertz CT molecular complexity index is 255. The molecule has 2 unspecified atom stereocenters. The fourth-order valence-corrected chi connectivity index (χ4v) is 2.66. The zero-order valence-electron chi connectivity index (χ0n) is 12.5. The van der Waals surface area contributed by atoms with E-state index in [1.807, 2.05) is 6.92 Å². The van der Waals surface area contributed by atoms with Crippen molar-refractivity contribution in [2.24, 2.45) is 5.92 Å². The summed E-state index contributed by atoms with van der Waals surface area (Å²) in [6.07, 6.45) is -1.47. The summed E-state index contributed by atoms with van der Waals surface area (Å²) in [5, 5.41) is 3.40. The number of ether oxygens (including phenoxy) is 1. The molecule has 0 bridgehead atoms. The molecule has 0 saturated carbocycles. The fraction of sp³-hybridized carbons (Fsp3) is 1.00. The second-order valence-electron chi connectivity index (χ2n) is 5.53. The normalized spacial score (nSPS) is 21.6. The first-order valence-corrected chi connectivity index (χ1v) is 7.56. The average molecular weight is 296 g/mol. The molecule has 1 rings (SSSR count). The van der Waals surface area contributed by atoms with Gasteiger partial charge in [-0.1, -0.05) is 13.8 Å². The van der Waals surface area contributed by atoms with Gasteiger partial charge < -0.3 is 10.1 Å². The molecule has 0 radical (unpaired) electrons. The van der Waals surface area contributed by atoms with Crippen LogP contribution in [0, 0.1) is 5.92 Å². The van der Waals surface area contributed by atoms with Crippen molar-refractivity contribution in [2.75, 3.05) is 39.4 Å². The van der Waals surface area contributed by atoms with Gasteiger partial charge in [0.2, 0.25) is 0 Å². The van der Waals surface area contributed by atoms with Crippen LogP contribution in [0.4, 0.5) is 13.2 Å². The highest BCUT2D eigenvalue weighted by Crippen LogP contribution is 2.21. The van der Waals surface area contributed by atoms with Gasteiger partial charge in [-0.25, -0.2) is 0 Å². The van der Waals surface area contributed by atoms with Crippen LogP contribution in [0.5, 0.6) is 0 Å². The van der Waals surface area contributed by atoms with Crippen LogP contribution in [0.2, 0.25) is 0 Å².